The van der Waals surface area contributed by atoms with Gasteiger partial charge in [0.15, 0.2) is 12.4 Å². The molecule has 83 heavy (non-hydrogen) atoms. The van der Waals surface area contributed by atoms with E-state index in [1.807, 2.05) is 18.2 Å². The maximum Gasteiger partial charge on any atom is 0.306 e. The van der Waals surface area contributed by atoms with E-state index < -0.39 is 67.4 Å². The van der Waals surface area contributed by atoms with Crippen molar-refractivity contribution in [1.29, 1.82) is 0 Å². The Morgan fingerprint density at radius 3 is 1.28 bits per heavy atom. The third kappa shape index (κ3) is 46.9. The van der Waals surface area contributed by atoms with Crippen LogP contribution in [0.5, 0.6) is 0 Å². The minimum absolute atomic E-state index is 0.118. The lowest BCUT2D eigenvalue weighted by Crippen LogP contribution is -2.61. The van der Waals surface area contributed by atoms with Crippen LogP contribution in [0, 0.1) is 0 Å². The first-order valence-corrected chi connectivity index (χ1v) is 34.7. The van der Waals surface area contributed by atoms with Gasteiger partial charge in [0.2, 0.25) is 5.91 Å². The van der Waals surface area contributed by atoms with E-state index in [2.05, 4.69) is 74.7 Å². The lowest BCUT2D eigenvalue weighted by Gasteiger charge is -2.41. The van der Waals surface area contributed by atoms with Crippen molar-refractivity contribution in [2.24, 2.45) is 0 Å². The molecule has 0 aromatic heterocycles. The minimum atomic E-state index is -1.62. The molecule has 0 aromatic rings. The van der Waals surface area contributed by atoms with Crippen LogP contribution < -0.4 is 5.32 Å². The second kappa shape index (κ2) is 59.4. The molecule has 0 aliphatic carbocycles. The molecule has 1 aliphatic heterocycles. The fourth-order valence-electron chi connectivity index (χ4n) is 10.6. The molecule has 11 nitrogen and oxygen atoms in total. The Labute approximate surface area is 509 Å². The van der Waals surface area contributed by atoms with Gasteiger partial charge in [-0.25, -0.2) is 0 Å². The molecule has 0 bridgehead atoms. The zero-order valence-electron chi connectivity index (χ0n) is 53.6. The zero-order chi connectivity index (χ0) is 60.3. The molecule has 0 aromatic carbocycles. The van der Waals surface area contributed by atoms with Gasteiger partial charge in [-0.2, -0.15) is 0 Å². The Kier molecular flexibility index (Phi) is 55.9. The zero-order valence-corrected chi connectivity index (χ0v) is 53.6. The summed E-state index contributed by atoms with van der Waals surface area (Å²) in [6.07, 6.45) is 66.8. The van der Waals surface area contributed by atoms with Crippen LogP contribution in [0.25, 0.3) is 0 Å². The molecule has 482 valence electrons. The maximum absolute atomic E-state index is 13.4. The number of carbonyl (C=O) groups excluding carboxylic acids is 2. The normalized spacial score (nSPS) is 19.0. The predicted molar refractivity (Wildman–Crippen MR) is 347 cm³/mol. The highest BCUT2D eigenvalue weighted by Gasteiger charge is 2.47. The number of amides is 1. The molecule has 6 N–H and O–H groups in total. The van der Waals surface area contributed by atoms with Gasteiger partial charge in [-0.1, -0.05) is 286 Å². The molecule has 1 rings (SSSR count). The number of aliphatic hydroxyl groups is 5. The molecule has 1 heterocycles. The molecule has 1 aliphatic rings. The van der Waals surface area contributed by atoms with Crippen LogP contribution in [0.3, 0.4) is 0 Å². The summed E-state index contributed by atoms with van der Waals surface area (Å²) in [5, 5.41) is 57.0. The van der Waals surface area contributed by atoms with Gasteiger partial charge in [0.1, 0.15) is 24.4 Å². The number of aliphatic hydroxyl groups excluding tert-OH is 5. The fourth-order valence-corrected chi connectivity index (χ4v) is 10.6. The molecule has 0 radical (unpaired) electrons. The molecular formula is C72H129NO10. The summed E-state index contributed by atoms with van der Waals surface area (Å²) < 4.78 is 17.6. The number of nitrogens with one attached hydrogen (secondary N) is 1. The highest BCUT2D eigenvalue weighted by Crippen LogP contribution is 2.26. The summed E-state index contributed by atoms with van der Waals surface area (Å²) in [6, 6.07) is -1.05. The molecule has 1 amide bonds. The largest absolute Gasteiger partial charge is 0.454 e. The Morgan fingerprint density at radius 1 is 0.470 bits per heavy atom. The smallest absolute Gasteiger partial charge is 0.306 e. The van der Waals surface area contributed by atoms with Crippen LogP contribution in [-0.2, 0) is 23.8 Å². The van der Waals surface area contributed by atoms with Gasteiger partial charge in [-0.05, 0) is 89.9 Å². The first-order valence-electron chi connectivity index (χ1n) is 34.7. The first kappa shape index (κ1) is 78.1. The molecule has 8 unspecified atom stereocenters. The van der Waals surface area contributed by atoms with Gasteiger partial charge in [-0.3, -0.25) is 9.59 Å². The Bertz CT molecular complexity index is 1630. The quantitative estimate of drug-likeness (QED) is 0.0195. The molecule has 8 atom stereocenters. The number of carbonyl (C=O) groups is 2. The number of hydrogen-bond acceptors (Lipinski definition) is 10. The standard InChI is InChI=1S/C72H129NO10/c1-4-7-10-13-16-19-22-24-26-28-29-30-31-32-33-34-35-36-37-38-40-42-45-48-51-54-57-60-67(77)83-70-69(79)68(78)66(61-74)82-72(70)81-62-63(64(75)58-55-52-49-46-43-21-18-15-12-9-6-3)73-71(80)65(76)59-56-53-50-47-44-41-39-27-25-23-20-17-14-11-8-5-2/h17,20,24-27,41,44,50,53,55,58,63-66,68-70,72,74-76,78-79H,4-16,18-19,21-23,28-40,42-43,45-49,51-52,54,56-57,59-62H2,1-3H3,(H,73,80)/b20-17-,26-24+,27-25-,44-41-,53-50-,58-55+. The lowest BCUT2D eigenvalue weighted by atomic mass is 9.99. The second-order valence-electron chi connectivity index (χ2n) is 23.9. The van der Waals surface area contributed by atoms with Crippen LogP contribution in [0.15, 0.2) is 72.9 Å². The number of esters is 1. The maximum atomic E-state index is 13.4. The van der Waals surface area contributed by atoms with E-state index in [-0.39, 0.29) is 19.4 Å². The summed E-state index contributed by atoms with van der Waals surface area (Å²) in [5.41, 5.74) is 0. The van der Waals surface area contributed by atoms with E-state index in [1.54, 1.807) is 6.08 Å². The van der Waals surface area contributed by atoms with E-state index in [1.165, 1.54) is 193 Å². The topological polar surface area (TPSA) is 175 Å². The van der Waals surface area contributed by atoms with Crippen molar-refractivity contribution in [2.45, 2.75) is 359 Å². The van der Waals surface area contributed by atoms with E-state index >= 15 is 0 Å². The number of hydrogen-bond donors (Lipinski definition) is 6. The minimum Gasteiger partial charge on any atom is -0.454 e. The van der Waals surface area contributed by atoms with Crippen molar-refractivity contribution >= 4 is 11.9 Å². The van der Waals surface area contributed by atoms with E-state index in [0.717, 1.165) is 70.6 Å². The molecule has 1 saturated heterocycles. The Morgan fingerprint density at radius 2 is 0.831 bits per heavy atom. The lowest BCUT2D eigenvalue weighted by molar-refractivity contribution is -0.305. The average Bonchev–Trinajstić information content (AvgIpc) is 3.52. The highest BCUT2D eigenvalue weighted by molar-refractivity contribution is 5.80. The monoisotopic (exact) mass is 1170 g/mol. The van der Waals surface area contributed by atoms with Crippen molar-refractivity contribution in [1.82, 2.24) is 5.32 Å². The number of unbranched alkanes of at least 4 members (excludes halogenated alkanes) is 35. The fraction of sp³-hybridized carbons (Fsp3) is 0.806. The van der Waals surface area contributed by atoms with Gasteiger partial charge >= 0.3 is 5.97 Å². The van der Waals surface area contributed by atoms with Gasteiger partial charge in [0.25, 0.3) is 0 Å². The Balaban J connectivity index is 2.55. The van der Waals surface area contributed by atoms with Crippen molar-refractivity contribution < 1.29 is 49.3 Å². The van der Waals surface area contributed by atoms with Gasteiger partial charge in [-0.15, -0.1) is 0 Å². The molecule has 1 fully saturated rings. The van der Waals surface area contributed by atoms with Crippen LogP contribution >= 0.6 is 0 Å². The summed E-state index contributed by atoms with van der Waals surface area (Å²) in [5.74, 6) is -1.25. The van der Waals surface area contributed by atoms with Crippen molar-refractivity contribution in [3.05, 3.63) is 72.9 Å². The van der Waals surface area contributed by atoms with E-state index in [0.29, 0.717) is 12.8 Å². The molecular weight excluding hydrogens is 1040 g/mol. The van der Waals surface area contributed by atoms with Gasteiger partial charge in [0, 0.05) is 6.42 Å². The molecule has 0 saturated carbocycles. The third-order valence-electron chi connectivity index (χ3n) is 16.1. The van der Waals surface area contributed by atoms with Gasteiger partial charge in [0.05, 0.1) is 25.4 Å². The van der Waals surface area contributed by atoms with Crippen LogP contribution in [-0.4, -0.2) is 99.6 Å². The summed E-state index contributed by atoms with van der Waals surface area (Å²) in [4.78, 5) is 26.6. The number of allylic oxidation sites excluding steroid dienone is 11. The third-order valence-corrected chi connectivity index (χ3v) is 16.1. The summed E-state index contributed by atoms with van der Waals surface area (Å²) >= 11 is 0. The van der Waals surface area contributed by atoms with Crippen LogP contribution in [0.4, 0.5) is 0 Å². The van der Waals surface area contributed by atoms with Crippen molar-refractivity contribution in [3.8, 4) is 0 Å². The predicted octanol–water partition coefficient (Wildman–Crippen LogP) is 17.5. The summed E-state index contributed by atoms with van der Waals surface area (Å²) in [7, 11) is 0. The van der Waals surface area contributed by atoms with Crippen molar-refractivity contribution in [3.63, 3.8) is 0 Å². The SMILES string of the molecule is CCCCC/C=C\C/C=C\C/C=C\C/C=C\CCC(O)C(=O)NC(COC1OC(CO)C(O)C(O)C1OC(=O)CCCCCCCCCCCCCCCCCCC/C=C/CCCCCCCC)C(O)/C=C/CCCCCCCCCCC. The molecule has 11 heteroatoms. The second-order valence-corrected chi connectivity index (χ2v) is 23.9. The number of ether oxygens (including phenoxy) is 3. The van der Waals surface area contributed by atoms with Gasteiger partial charge < -0.3 is 45.1 Å². The van der Waals surface area contributed by atoms with Crippen molar-refractivity contribution in [2.75, 3.05) is 13.2 Å². The molecule has 0 spiro atoms. The average molecular weight is 1170 g/mol. The first-order chi connectivity index (χ1) is 40.7. The van der Waals surface area contributed by atoms with E-state index in [4.69, 9.17) is 14.2 Å². The van der Waals surface area contributed by atoms with Crippen LogP contribution in [0.1, 0.15) is 310 Å². The number of rotatable bonds is 59. The van der Waals surface area contributed by atoms with E-state index in [9.17, 15) is 35.1 Å². The summed E-state index contributed by atoms with van der Waals surface area (Å²) in [6.45, 7) is 5.74. The van der Waals surface area contributed by atoms with Crippen LogP contribution in [0.2, 0.25) is 0 Å². The Hall–Kier alpha value is -2.90. The highest BCUT2D eigenvalue weighted by atomic mass is 16.7.